The number of hydrogen-bond acceptors (Lipinski definition) is 6. The number of hydrogen-bond donors (Lipinski definition) is 1. The molecule has 3 rings (SSSR count). The van der Waals surface area contributed by atoms with E-state index in [0.29, 0.717) is 17.1 Å². The van der Waals surface area contributed by atoms with Gasteiger partial charge in [0, 0.05) is 11.8 Å². The fourth-order valence-electron chi connectivity index (χ4n) is 2.08. The number of ether oxygens (including phenoxy) is 2. The molecule has 2 aromatic carbocycles. The summed E-state index contributed by atoms with van der Waals surface area (Å²) in [5.41, 5.74) is 3.44. The summed E-state index contributed by atoms with van der Waals surface area (Å²) in [6.07, 6.45) is 2.59. The van der Waals surface area contributed by atoms with Gasteiger partial charge in [-0.3, -0.25) is 4.79 Å². The second-order valence-electron chi connectivity index (χ2n) is 5.11. The summed E-state index contributed by atoms with van der Waals surface area (Å²) < 4.78 is 33.2. The van der Waals surface area contributed by atoms with Gasteiger partial charge in [-0.25, -0.2) is 13.8 Å². The van der Waals surface area contributed by atoms with Gasteiger partial charge in [-0.1, -0.05) is 0 Å². The van der Waals surface area contributed by atoms with Crippen molar-refractivity contribution in [2.75, 3.05) is 13.0 Å². The molecule has 24 heavy (non-hydrogen) atoms. The highest BCUT2D eigenvalue weighted by Gasteiger charge is 2.12. The number of sulfone groups is 1. The maximum Gasteiger partial charge on any atom is 0.271 e. The van der Waals surface area contributed by atoms with E-state index in [4.69, 9.17) is 9.47 Å². The molecule has 0 spiro atoms. The molecule has 0 fully saturated rings. The van der Waals surface area contributed by atoms with Crippen molar-refractivity contribution in [1.29, 1.82) is 0 Å². The van der Waals surface area contributed by atoms with Crippen molar-refractivity contribution in [2.24, 2.45) is 5.10 Å². The van der Waals surface area contributed by atoms with Gasteiger partial charge >= 0.3 is 0 Å². The van der Waals surface area contributed by atoms with Crippen LogP contribution in [0.1, 0.15) is 15.9 Å². The van der Waals surface area contributed by atoms with Crippen LogP contribution in [0.15, 0.2) is 52.5 Å². The third kappa shape index (κ3) is 3.54. The SMILES string of the molecule is CS(=O)(=O)c1ccc(C(=O)N/N=C/c2ccc3c(c2)OCO3)cc1. The molecular weight excluding hydrogens is 332 g/mol. The molecule has 0 unspecified atom stereocenters. The lowest BCUT2D eigenvalue weighted by Gasteiger charge is -2.02. The number of benzene rings is 2. The largest absolute Gasteiger partial charge is 0.454 e. The molecule has 0 saturated heterocycles. The molecule has 0 aliphatic carbocycles. The first kappa shape index (κ1) is 16.0. The quantitative estimate of drug-likeness (QED) is 0.670. The number of rotatable bonds is 4. The Morgan fingerprint density at radius 2 is 1.83 bits per heavy atom. The maximum atomic E-state index is 12.0. The highest BCUT2D eigenvalue weighted by atomic mass is 32.2. The Kier molecular flexibility index (Phi) is 4.22. The summed E-state index contributed by atoms with van der Waals surface area (Å²) in [5, 5.41) is 3.88. The van der Waals surface area contributed by atoms with Crippen molar-refractivity contribution in [3.8, 4) is 11.5 Å². The van der Waals surface area contributed by atoms with Gasteiger partial charge in [0.2, 0.25) is 6.79 Å². The van der Waals surface area contributed by atoms with Crippen LogP contribution in [0.5, 0.6) is 11.5 Å². The molecule has 124 valence electrons. The molecule has 0 bridgehead atoms. The monoisotopic (exact) mass is 346 g/mol. The molecule has 1 amide bonds. The summed E-state index contributed by atoms with van der Waals surface area (Å²) in [4.78, 5) is 12.1. The van der Waals surface area contributed by atoms with E-state index in [1.54, 1.807) is 18.2 Å². The van der Waals surface area contributed by atoms with Crippen LogP contribution in [0.4, 0.5) is 0 Å². The van der Waals surface area contributed by atoms with Crippen LogP contribution >= 0.6 is 0 Å². The normalized spacial score (nSPS) is 13.2. The van der Waals surface area contributed by atoms with Crippen LogP contribution in [0.2, 0.25) is 0 Å². The average Bonchev–Trinajstić information content (AvgIpc) is 3.02. The molecule has 2 aromatic rings. The topological polar surface area (TPSA) is 94.1 Å². The summed E-state index contributed by atoms with van der Waals surface area (Å²) in [6.45, 7) is 0.191. The molecule has 0 radical (unpaired) electrons. The molecule has 0 aromatic heterocycles. The number of carbonyl (C=O) groups is 1. The third-order valence-corrected chi connectivity index (χ3v) is 4.45. The van der Waals surface area contributed by atoms with Crippen molar-refractivity contribution in [3.05, 3.63) is 53.6 Å². The van der Waals surface area contributed by atoms with Crippen LogP contribution in [0.3, 0.4) is 0 Å². The standard InChI is InChI=1S/C16H14N2O5S/c1-24(20,21)13-5-3-12(4-6-13)16(19)18-17-9-11-2-7-14-15(8-11)23-10-22-14/h2-9H,10H2,1H3,(H,18,19)/b17-9+. The zero-order valence-corrected chi connectivity index (χ0v) is 13.5. The van der Waals surface area contributed by atoms with Crippen LogP contribution in [0, 0.1) is 0 Å². The van der Waals surface area contributed by atoms with E-state index in [0.717, 1.165) is 11.8 Å². The van der Waals surface area contributed by atoms with Gasteiger partial charge in [0.05, 0.1) is 11.1 Å². The Balaban J connectivity index is 1.65. The van der Waals surface area contributed by atoms with Crippen LogP contribution in [0.25, 0.3) is 0 Å². The second-order valence-corrected chi connectivity index (χ2v) is 7.12. The van der Waals surface area contributed by atoms with Gasteiger partial charge in [0.15, 0.2) is 21.3 Å². The average molecular weight is 346 g/mol. The molecule has 1 aliphatic heterocycles. The zero-order valence-electron chi connectivity index (χ0n) is 12.7. The Morgan fingerprint density at radius 3 is 2.54 bits per heavy atom. The number of nitrogens with zero attached hydrogens (tertiary/aromatic N) is 1. The Morgan fingerprint density at radius 1 is 1.12 bits per heavy atom. The number of fused-ring (bicyclic) bond motifs is 1. The van der Waals surface area contributed by atoms with Crippen LogP contribution in [-0.4, -0.2) is 33.6 Å². The van der Waals surface area contributed by atoms with E-state index in [1.165, 1.54) is 30.5 Å². The predicted octanol–water partition coefficient (Wildman–Crippen LogP) is 1.58. The molecule has 1 aliphatic rings. The lowest BCUT2D eigenvalue weighted by molar-refractivity contribution is 0.0955. The molecule has 1 heterocycles. The molecule has 0 atom stereocenters. The summed E-state index contributed by atoms with van der Waals surface area (Å²) in [6, 6.07) is 10.9. The van der Waals surface area contributed by atoms with Crippen LogP contribution < -0.4 is 14.9 Å². The third-order valence-electron chi connectivity index (χ3n) is 3.32. The maximum absolute atomic E-state index is 12.0. The lowest BCUT2D eigenvalue weighted by Crippen LogP contribution is -2.17. The first-order valence-corrected chi connectivity index (χ1v) is 8.86. The smallest absolute Gasteiger partial charge is 0.271 e. The second kappa shape index (κ2) is 6.32. The molecule has 1 N–H and O–H groups in total. The predicted molar refractivity (Wildman–Crippen MR) is 87.2 cm³/mol. The van der Waals surface area contributed by atoms with E-state index in [2.05, 4.69) is 10.5 Å². The van der Waals surface area contributed by atoms with E-state index in [1.807, 2.05) is 0 Å². The minimum atomic E-state index is -3.29. The zero-order chi connectivity index (χ0) is 17.2. The van der Waals surface area contributed by atoms with Gasteiger partial charge in [-0.05, 0) is 48.0 Å². The number of amides is 1. The molecule has 7 nitrogen and oxygen atoms in total. The van der Waals surface area contributed by atoms with E-state index in [-0.39, 0.29) is 11.7 Å². The Labute approximate surface area is 138 Å². The van der Waals surface area contributed by atoms with Crippen molar-refractivity contribution in [2.45, 2.75) is 4.90 Å². The molecule has 0 saturated carbocycles. The van der Waals surface area contributed by atoms with Gasteiger partial charge < -0.3 is 9.47 Å². The van der Waals surface area contributed by atoms with E-state index in [9.17, 15) is 13.2 Å². The summed E-state index contributed by atoms with van der Waals surface area (Å²) in [5.74, 6) is 0.857. The minimum Gasteiger partial charge on any atom is -0.454 e. The lowest BCUT2D eigenvalue weighted by atomic mass is 10.2. The molecular formula is C16H14N2O5S. The van der Waals surface area contributed by atoms with Gasteiger partial charge in [0.1, 0.15) is 0 Å². The van der Waals surface area contributed by atoms with Crippen molar-refractivity contribution < 1.29 is 22.7 Å². The Hall–Kier alpha value is -2.87. The number of nitrogens with one attached hydrogen (secondary N) is 1. The van der Waals surface area contributed by atoms with E-state index < -0.39 is 15.7 Å². The Bertz CT molecular complexity index is 905. The van der Waals surface area contributed by atoms with Crippen molar-refractivity contribution in [1.82, 2.24) is 5.43 Å². The highest BCUT2D eigenvalue weighted by Crippen LogP contribution is 2.31. The fraction of sp³-hybridized carbons (Fsp3) is 0.125. The van der Waals surface area contributed by atoms with Gasteiger partial charge in [-0.2, -0.15) is 5.10 Å². The first-order valence-electron chi connectivity index (χ1n) is 6.97. The van der Waals surface area contributed by atoms with Crippen molar-refractivity contribution in [3.63, 3.8) is 0 Å². The van der Waals surface area contributed by atoms with Gasteiger partial charge in [0.25, 0.3) is 5.91 Å². The number of carbonyl (C=O) groups excluding carboxylic acids is 1. The summed E-state index contributed by atoms with van der Waals surface area (Å²) >= 11 is 0. The number of hydrazone groups is 1. The fourth-order valence-corrected chi connectivity index (χ4v) is 2.71. The van der Waals surface area contributed by atoms with Gasteiger partial charge in [-0.15, -0.1) is 0 Å². The highest BCUT2D eigenvalue weighted by molar-refractivity contribution is 7.90. The van der Waals surface area contributed by atoms with Crippen molar-refractivity contribution >= 4 is 22.0 Å². The minimum absolute atomic E-state index is 0.155. The van der Waals surface area contributed by atoms with E-state index >= 15 is 0 Å². The first-order chi connectivity index (χ1) is 11.4. The molecule has 8 heteroatoms. The van der Waals surface area contributed by atoms with Crippen LogP contribution in [-0.2, 0) is 9.84 Å². The summed E-state index contributed by atoms with van der Waals surface area (Å²) in [7, 11) is -3.29.